The molecule has 0 fully saturated rings. The van der Waals surface area contributed by atoms with E-state index in [1.807, 2.05) is 37.4 Å². The predicted octanol–water partition coefficient (Wildman–Crippen LogP) is 4.42. The van der Waals surface area contributed by atoms with Crippen LogP contribution in [0.1, 0.15) is 28.4 Å². The van der Waals surface area contributed by atoms with Gasteiger partial charge < -0.3 is 9.30 Å². The van der Waals surface area contributed by atoms with Gasteiger partial charge in [0.15, 0.2) is 0 Å². The molecule has 0 aliphatic rings. The molecular formula is C19H19NO2. The smallest absolute Gasteiger partial charge is 0.338 e. The minimum Gasteiger partial charge on any atom is -0.462 e. The summed E-state index contributed by atoms with van der Waals surface area (Å²) < 4.78 is 7.20. The van der Waals surface area contributed by atoms with Gasteiger partial charge in [-0.15, -0.1) is 0 Å². The summed E-state index contributed by atoms with van der Waals surface area (Å²) in [5.41, 5.74) is 5.28. The van der Waals surface area contributed by atoms with Crippen molar-refractivity contribution in [2.75, 3.05) is 6.61 Å². The molecule has 1 heterocycles. The topological polar surface area (TPSA) is 31.2 Å². The van der Waals surface area contributed by atoms with Crippen molar-refractivity contribution in [3.05, 3.63) is 65.4 Å². The first-order valence-electron chi connectivity index (χ1n) is 7.45. The lowest BCUT2D eigenvalue weighted by molar-refractivity contribution is 0.0526. The largest absolute Gasteiger partial charge is 0.462 e. The lowest BCUT2D eigenvalue weighted by Gasteiger charge is -2.09. The van der Waals surface area contributed by atoms with Gasteiger partial charge in [0.25, 0.3) is 0 Å². The lowest BCUT2D eigenvalue weighted by Crippen LogP contribution is -2.04. The van der Waals surface area contributed by atoms with Crippen LogP contribution < -0.4 is 0 Å². The highest BCUT2D eigenvalue weighted by molar-refractivity contribution is 5.95. The van der Waals surface area contributed by atoms with E-state index in [0.717, 1.165) is 16.6 Å². The Morgan fingerprint density at radius 3 is 2.45 bits per heavy atom. The maximum Gasteiger partial charge on any atom is 0.338 e. The van der Waals surface area contributed by atoms with Gasteiger partial charge in [-0.1, -0.05) is 6.07 Å². The Kier molecular flexibility index (Phi) is 3.72. The Morgan fingerprint density at radius 1 is 1.05 bits per heavy atom. The molecule has 0 radical (unpaired) electrons. The van der Waals surface area contributed by atoms with E-state index in [4.69, 9.17) is 4.74 Å². The number of aryl methyl sites for hydroxylation is 2. The number of hydrogen-bond acceptors (Lipinski definition) is 2. The second-order valence-electron chi connectivity index (χ2n) is 5.53. The second kappa shape index (κ2) is 5.68. The van der Waals surface area contributed by atoms with Gasteiger partial charge in [0, 0.05) is 17.3 Å². The van der Waals surface area contributed by atoms with Crippen molar-refractivity contribution in [3.63, 3.8) is 0 Å². The first kappa shape index (κ1) is 14.4. The van der Waals surface area contributed by atoms with E-state index in [1.54, 1.807) is 0 Å². The minimum absolute atomic E-state index is 0.274. The van der Waals surface area contributed by atoms with E-state index in [2.05, 4.69) is 36.6 Å². The summed E-state index contributed by atoms with van der Waals surface area (Å²) in [6.07, 6.45) is 2.04. The summed E-state index contributed by atoms with van der Waals surface area (Å²) in [5, 5.41) is 1.03. The van der Waals surface area contributed by atoms with Crippen LogP contribution in [-0.2, 0) is 4.74 Å². The monoisotopic (exact) mass is 293 g/mol. The molecule has 0 saturated carbocycles. The molecular weight excluding hydrogens is 274 g/mol. The molecule has 0 N–H and O–H groups in total. The highest BCUT2D eigenvalue weighted by Gasteiger charge is 2.10. The van der Waals surface area contributed by atoms with Crippen molar-refractivity contribution >= 4 is 16.9 Å². The van der Waals surface area contributed by atoms with E-state index < -0.39 is 0 Å². The molecule has 0 bridgehead atoms. The molecule has 3 nitrogen and oxygen atoms in total. The van der Waals surface area contributed by atoms with Crippen molar-refractivity contribution in [1.82, 2.24) is 4.57 Å². The van der Waals surface area contributed by atoms with Gasteiger partial charge in [0.1, 0.15) is 0 Å². The van der Waals surface area contributed by atoms with Crippen molar-refractivity contribution < 1.29 is 9.53 Å². The standard InChI is InChI=1S/C19H19NO2/c1-4-22-19(21)16-5-6-18-15(12-16)7-8-20(18)17-10-13(2)9-14(3)11-17/h5-12H,4H2,1-3H3. The summed E-state index contributed by atoms with van der Waals surface area (Å²) in [6.45, 7) is 6.40. The third-order valence-electron chi connectivity index (χ3n) is 3.69. The zero-order valence-corrected chi connectivity index (χ0v) is 13.1. The van der Waals surface area contributed by atoms with Gasteiger partial charge in [0.2, 0.25) is 0 Å². The van der Waals surface area contributed by atoms with Gasteiger partial charge >= 0.3 is 5.97 Å². The molecule has 22 heavy (non-hydrogen) atoms. The molecule has 0 aliphatic heterocycles. The summed E-state index contributed by atoms with van der Waals surface area (Å²) in [4.78, 5) is 11.8. The zero-order valence-electron chi connectivity index (χ0n) is 13.1. The van der Waals surface area contributed by atoms with E-state index in [9.17, 15) is 4.79 Å². The van der Waals surface area contributed by atoms with Crippen molar-refractivity contribution in [2.45, 2.75) is 20.8 Å². The zero-order chi connectivity index (χ0) is 15.7. The van der Waals surface area contributed by atoms with E-state index in [-0.39, 0.29) is 5.97 Å². The molecule has 1 aromatic heterocycles. The van der Waals surface area contributed by atoms with Gasteiger partial charge in [-0.25, -0.2) is 4.79 Å². The van der Waals surface area contributed by atoms with Crippen molar-refractivity contribution in [1.29, 1.82) is 0 Å². The third kappa shape index (κ3) is 2.62. The Balaban J connectivity index is 2.07. The molecule has 0 atom stereocenters. The fraction of sp³-hybridized carbons (Fsp3) is 0.211. The number of esters is 1. The van der Waals surface area contributed by atoms with Crippen molar-refractivity contribution in [2.24, 2.45) is 0 Å². The Labute approximate surface area is 130 Å². The molecule has 0 aliphatic carbocycles. The lowest BCUT2D eigenvalue weighted by atomic mass is 10.1. The average molecular weight is 293 g/mol. The fourth-order valence-corrected chi connectivity index (χ4v) is 2.80. The van der Waals surface area contributed by atoms with Crippen LogP contribution in [0.25, 0.3) is 16.6 Å². The van der Waals surface area contributed by atoms with E-state index in [0.29, 0.717) is 12.2 Å². The number of nitrogens with zero attached hydrogens (tertiary/aromatic N) is 1. The molecule has 2 aromatic carbocycles. The van der Waals surface area contributed by atoms with E-state index >= 15 is 0 Å². The summed E-state index contributed by atoms with van der Waals surface area (Å²) in [5.74, 6) is -0.274. The molecule has 0 amide bonds. The van der Waals surface area contributed by atoms with Crippen LogP contribution in [0, 0.1) is 13.8 Å². The molecule has 0 saturated heterocycles. The van der Waals surface area contributed by atoms with Crippen LogP contribution in [-0.4, -0.2) is 17.1 Å². The fourth-order valence-electron chi connectivity index (χ4n) is 2.80. The van der Waals surface area contributed by atoms with Crippen LogP contribution >= 0.6 is 0 Å². The SMILES string of the molecule is CCOC(=O)c1ccc2c(ccn2-c2cc(C)cc(C)c2)c1. The summed E-state index contributed by atoms with van der Waals surface area (Å²) in [7, 11) is 0. The van der Waals surface area contributed by atoms with Crippen LogP contribution in [0.4, 0.5) is 0 Å². The van der Waals surface area contributed by atoms with Crippen LogP contribution in [0.5, 0.6) is 0 Å². The van der Waals surface area contributed by atoms with Gasteiger partial charge in [-0.2, -0.15) is 0 Å². The molecule has 0 spiro atoms. The molecule has 3 heteroatoms. The average Bonchev–Trinajstić information content (AvgIpc) is 2.89. The second-order valence-corrected chi connectivity index (χ2v) is 5.53. The molecule has 112 valence electrons. The van der Waals surface area contributed by atoms with Crippen LogP contribution in [0.3, 0.4) is 0 Å². The Morgan fingerprint density at radius 2 is 1.77 bits per heavy atom. The van der Waals surface area contributed by atoms with Crippen LogP contribution in [0.15, 0.2) is 48.7 Å². The maximum atomic E-state index is 11.8. The molecule has 3 rings (SSSR count). The Bertz CT molecular complexity index is 826. The summed E-state index contributed by atoms with van der Waals surface area (Å²) in [6, 6.07) is 14.2. The number of hydrogen-bond donors (Lipinski definition) is 0. The highest BCUT2D eigenvalue weighted by Crippen LogP contribution is 2.23. The van der Waals surface area contributed by atoms with Crippen molar-refractivity contribution in [3.8, 4) is 5.69 Å². The van der Waals surface area contributed by atoms with Gasteiger partial charge in [-0.3, -0.25) is 0 Å². The quantitative estimate of drug-likeness (QED) is 0.669. The number of carbonyl (C=O) groups is 1. The number of aromatic nitrogens is 1. The van der Waals surface area contributed by atoms with E-state index in [1.165, 1.54) is 11.1 Å². The number of rotatable bonds is 3. The predicted molar refractivity (Wildman–Crippen MR) is 88.7 cm³/mol. The Hall–Kier alpha value is -2.55. The van der Waals surface area contributed by atoms with Gasteiger partial charge in [0.05, 0.1) is 17.7 Å². The van der Waals surface area contributed by atoms with Gasteiger partial charge in [-0.05, 0) is 68.3 Å². The maximum absolute atomic E-state index is 11.8. The molecule has 0 unspecified atom stereocenters. The first-order chi connectivity index (χ1) is 10.6. The number of benzene rings is 2. The minimum atomic E-state index is -0.274. The normalized spacial score (nSPS) is 10.9. The number of fused-ring (bicyclic) bond motifs is 1. The first-order valence-corrected chi connectivity index (χ1v) is 7.45. The third-order valence-corrected chi connectivity index (χ3v) is 3.69. The number of carbonyl (C=O) groups excluding carboxylic acids is 1. The number of ether oxygens (including phenoxy) is 1. The van der Waals surface area contributed by atoms with Crippen LogP contribution in [0.2, 0.25) is 0 Å². The summed E-state index contributed by atoms with van der Waals surface area (Å²) >= 11 is 0. The molecule has 3 aromatic rings. The highest BCUT2D eigenvalue weighted by atomic mass is 16.5.